The summed E-state index contributed by atoms with van der Waals surface area (Å²) in [6, 6.07) is 0. The minimum Gasteiger partial charge on any atom is -0.390 e. The minimum atomic E-state index is -0.507. The van der Waals surface area contributed by atoms with Crippen molar-refractivity contribution in [3.05, 3.63) is 0 Å². The van der Waals surface area contributed by atoms with Crippen molar-refractivity contribution in [2.45, 2.75) is 167 Å². The van der Waals surface area contributed by atoms with Crippen molar-refractivity contribution in [1.29, 1.82) is 0 Å². The van der Waals surface area contributed by atoms with E-state index >= 15 is 0 Å². The molecule has 28 heavy (non-hydrogen) atoms. The smallest absolute Gasteiger partial charge is 0.0799 e. The fourth-order valence-corrected chi connectivity index (χ4v) is 4.07. The first-order valence-electron chi connectivity index (χ1n) is 13.1. The summed E-state index contributed by atoms with van der Waals surface area (Å²) in [5, 5.41) is 20.3. The molecule has 0 rings (SSSR count). The van der Waals surface area contributed by atoms with Crippen LogP contribution < -0.4 is 0 Å². The van der Waals surface area contributed by atoms with E-state index in [-0.39, 0.29) is 0 Å². The van der Waals surface area contributed by atoms with E-state index in [9.17, 15) is 10.2 Å². The van der Waals surface area contributed by atoms with Crippen LogP contribution >= 0.6 is 0 Å². The van der Waals surface area contributed by atoms with Gasteiger partial charge in [-0.2, -0.15) is 0 Å². The van der Waals surface area contributed by atoms with Crippen LogP contribution in [0.25, 0.3) is 0 Å². The van der Waals surface area contributed by atoms with Gasteiger partial charge in [0.1, 0.15) is 0 Å². The monoisotopic (exact) mass is 398 g/mol. The molecule has 0 radical (unpaired) electrons. The highest BCUT2D eigenvalue weighted by Gasteiger charge is 2.15. The zero-order valence-corrected chi connectivity index (χ0v) is 19.6. The first-order chi connectivity index (χ1) is 13.7. The highest BCUT2D eigenvalue weighted by Crippen LogP contribution is 2.16. The molecule has 0 saturated carbocycles. The van der Waals surface area contributed by atoms with Gasteiger partial charge in [-0.25, -0.2) is 0 Å². The molecule has 2 atom stereocenters. The van der Waals surface area contributed by atoms with Crippen LogP contribution in [0, 0.1) is 0 Å². The lowest BCUT2D eigenvalue weighted by Gasteiger charge is -2.17. The predicted octanol–water partition coefficient (Wildman–Crippen LogP) is 8.33. The van der Waals surface area contributed by atoms with Crippen LogP contribution in [0.2, 0.25) is 0 Å². The van der Waals surface area contributed by atoms with Crippen LogP contribution in [-0.4, -0.2) is 22.4 Å². The van der Waals surface area contributed by atoms with E-state index in [1.165, 1.54) is 116 Å². The van der Waals surface area contributed by atoms with Crippen LogP contribution in [0.15, 0.2) is 0 Å². The standard InChI is InChI=1S/C26H54O2/c1-3-5-7-9-11-13-15-17-19-21-23-25(27)26(28)24-22-20-18-16-14-12-10-8-6-4-2/h25-28H,3-24H2,1-2H3. The van der Waals surface area contributed by atoms with E-state index in [2.05, 4.69) is 13.8 Å². The quantitative estimate of drug-likeness (QED) is 0.170. The predicted molar refractivity (Wildman–Crippen MR) is 125 cm³/mol. The molecule has 0 aromatic carbocycles. The van der Waals surface area contributed by atoms with Crippen molar-refractivity contribution in [1.82, 2.24) is 0 Å². The van der Waals surface area contributed by atoms with Gasteiger partial charge in [0.25, 0.3) is 0 Å². The van der Waals surface area contributed by atoms with Crippen molar-refractivity contribution >= 4 is 0 Å². The van der Waals surface area contributed by atoms with Gasteiger partial charge in [0.15, 0.2) is 0 Å². The maximum absolute atomic E-state index is 10.1. The molecule has 0 fully saturated rings. The molecule has 2 unspecified atom stereocenters. The highest BCUT2D eigenvalue weighted by molar-refractivity contribution is 4.67. The number of unbranched alkanes of at least 4 members (excludes halogenated alkanes) is 18. The lowest BCUT2D eigenvalue weighted by atomic mass is 9.99. The van der Waals surface area contributed by atoms with Gasteiger partial charge in [0.05, 0.1) is 12.2 Å². The molecule has 2 heteroatoms. The maximum Gasteiger partial charge on any atom is 0.0799 e. The third kappa shape index (κ3) is 20.6. The molecule has 2 nitrogen and oxygen atoms in total. The van der Waals surface area contributed by atoms with Gasteiger partial charge >= 0.3 is 0 Å². The Morgan fingerprint density at radius 2 is 0.571 bits per heavy atom. The topological polar surface area (TPSA) is 40.5 Å². The molecule has 0 bridgehead atoms. The van der Waals surface area contributed by atoms with E-state index in [1.54, 1.807) is 0 Å². The van der Waals surface area contributed by atoms with Crippen molar-refractivity contribution in [2.24, 2.45) is 0 Å². The van der Waals surface area contributed by atoms with Gasteiger partial charge in [-0.15, -0.1) is 0 Å². The minimum absolute atomic E-state index is 0.507. The van der Waals surface area contributed by atoms with Crippen LogP contribution in [0.4, 0.5) is 0 Å². The Morgan fingerprint density at radius 3 is 0.821 bits per heavy atom. The summed E-state index contributed by atoms with van der Waals surface area (Å²) in [5.74, 6) is 0. The summed E-state index contributed by atoms with van der Waals surface area (Å²) in [6.07, 6.45) is 26.9. The zero-order valence-electron chi connectivity index (χ0n) is 19.6. The van der Waals surface area contributed by atoms with Crippen molar-refractivity contribution < 1.29 is 10.2 Å². The van der Waals surface area contributed by atoms with Crippen molar-refractivity contribution in [3.63, 3.8) is 0 Å². The van der Waals surface area contributed by atoms with E-state index in [4.69, 9.17) is 0 Å². The van der Waals surface area contributed by atoms with Gasteiger partial charge in [-0.05, 0) is 12.8 Å². The fraction of sp³-hybridized carbons (Fsp3) is 1.00. The molecule has 0 aromatic heterocycles. The van der Waals surface area contributed by atoms with Crippen LogP contribution in [0.5, 0.6) is 0 Å². The Balaban J connectivity index is 3.30. The number of hydrogen-bond acceptors (Lipinski definition) is 2. The van der Waals surface area contributed by atoms with Crippen LogP contribution in [0.3, 0.4) is 0 Å². The summed E-state index contributed by atoms with van der Waals surface area (Å²) in [4.78, 5) is 0. The van der Waals surface area contributed by atoms with Gasteiger partial charge in [0.2, 0.25) is 0 Å². The molecule has 0 aliphatic heterocycles. The average Bonchev–Trinajstić information content (AvgIpc) is 2.70. The summed E-state index contributed by atoms with van der Waals surface area (Å²) >= 11 is 0. The number of rotatable bonds is 23. The van der Waals surface area contributed by atoms with Gasteiger partial charge in [0, 0.05) is 0 Å². The molecule has 0 saturated heterocycles. The highest BCUT2D eigenvalue weighted by atomic mass is 16.3. The lowest BCUT2D eigenvalue weighted by molar-refractivity contribution is 0.00711. The Labute approximate surface area is 177 Å². The number of aliphatic hydroxyl groups is 2. The van der Waals surface area contributed by atoms with Crippen LogP contribution in [0.1, 0.15) is 155 Å². The largest absolute Gasteiger partial charge is 0.390 e. The van der Waals surface area contributed by atoms with E-state index in [0.717, 1.165) is 25.7 Å². The Morgan fingerprint density at radius 1 is 0.357 bits per heavy atom. The normalized spacial score (nSPS) is 13.7. The molecular weight excluding hydrogens is 344 g/mol. The molecule has 0 amide bonds. The van der Waals surface area contributed by atoms with Gasteiger partial charge in [-0.3, -0.25) is 0 Å². The lowest BCUT2D eigenvalue weighted by Crippen LogP contribution is -2.25. The fourth-order valence-electron chi connectivity index (χ4n) is 4.07. The summed E-state index contributed by atoms with van der Waals surface area (Å²) < 4.78 is 0. The second kappa shape index (κ2) is 23.2. The molecule has 0 aliphatic rings. The summed E-state index contributed by atoms with van der Waals surface area (Å²) in [7, 11) is 0. The number of hydrogen-bond donors (Lipinski definition) is 2. The van der Waals surface area contributed by atoms with Gasteiger partial charge in [-0.1, -0.05) is 142 Å². The Hall–Kier alpha value is -0.0800. The third-order valence-corrected chi connectivity index (χ3v) is 6.15. The average molecular weight is 399 g/mol. The van der Waals surface area contributed by atoms with Crippen LogP contribution in [-0.2, 0) is 0 Å². The third-order valence-electron chi connectivity index (χ3n) is 6.15. The first-order valence-corrected chi connectivity index (χ1v) is 13.1. The van der Waals surface area contributed by atoms with Crippen molar-refractivity contribution in [2.75, 3.05) is 0 Å². The Kier molecular flexibility index (Phi) is 23.1. The zero-order chi connectivity index (χ0) is 20.7. The van der Waals surface area contributed by atoms with E-state index in [0.29, 0.717) is 0 Å². The molecular formula is C26H54O2. The molecule has 0 heterocycles. The SMILES string of the molecule is CCCCCCCCCCCCC(O)C(O)CCCCCCCCCCCC. The molecule has 2 N–H and O–H groups in total. The Bertz CT molecular complexity index is 252. The van der Waals surface area contributed by atoms with E-state index in [1.807, 2.05) is 0 Å². The summed E-state index contributed by atoms with van der Waals surface area (Å²) in [5.41, 5.74) is 0. The number of aliphatic hydroxyl groups excluding tert-OH is 2. The van der Waals surface area contributed by atoms with Gasteiger partial charge < -0.3 is 10.2 Å². The van der Waals surface area contributed by atoms with Crippen molar-refractivity contribution in [3.8, 4) is 0 Å². The second-order valence-electron chi connectivity index (χ2n) is 9.08. The maximum atomic E-state index is 10.1. The second-order valence-corrected chi connectivity index (χ2v) is 9.08. The molecule has 0 aromatic rings. The molecule has 170 valence electrons. The summed E-state index contributed by atoms with van der Waals surface area (Å²) in [6.45, 7) is 4.53. The van der Waals surface area contributed by atoms with E-state index < -0.39 is 12.2 Å². The first kappa shape index (κ1) is 27.9. The molecule has 0 spiro atoms. The molecule has 0 aliphatic carbocycles.